The number of nitrogens with one attached hydrogen (secondary N) is 1. The number of nitrogens with zero attached hydrogens (tertiary/aromatic N) is 3. The van der Waals surface area contributed by atoms with Gasteiger partial charge in [-0.2, -0.15) is 0 Å². The second-order valence-corrected chi connectivity index (χ2v) is 4.59. The third-order valence-corrected chi connectivity index (χ3v) is 3.51. The Balaban J connectivity index is 1.87. The predicted molar refractivity (Wildman–Crippen MR) is 57.6 cm³/mol. The highest BCUT2D eigenvalue weighted by molar-refractivity contribution is 5.04. The van der Waals surface area contributed by atoms with E-state index in [9.17, 15) is 0 Å². The molecule has 0 saturated carbocycles. The van der Waals surface area contributed by atoms with Crippen molar-refractivity contribution in [2.45, 2.75) is 51.1 Å². The summed E-state index contributed by atoms with van der Waals surface area (Å²) in [6, 6.07) is 0.457. The van der Waals surface area contributed by atoms with Gasteiger partial charge in [0, 0.05) is 13.0 Å². The molecule has 0 bridgehead atoms. The zero-order valence-corrected chi connectivity index (χ0v) is 9.08. The maximum atomic E-state index is 4.37. The largest absolute Gasteiger partial charge is 0.314 e. The molecule has 1 atom stereocenters. The van der Waals surface area contributed by atoms with Crippen LogP contribution in [0.2, 0.25) is 0 Å². The van der Waals surface area contributed by atoms with Crippen molar-refractivity contribution in [2.24, 2.45) is 0 Å². The lowest BCUT2D eigenvalue weighted by atomic mass is 10.0. The van der Waals surface area contributed by atoms with Crippen LogP contribution in [0.5, 0.6) is 0 Å². The van der Waals surface area contributed by atoms with Crippen LogP contribution in [-0.4, -0.2) is 21.3 Å². The number of aryl methyl sites for hydroxylation is 1. The number of fused-ring (bicyclic) bond motifs is 1. The number of aromatic nitrogens is 3. The summed E-state index contributed by atoms with van der Waals surface area (Å²) in [4.78, 5) is 0. The molecule has 0 aliphatic carbocycles. The van der Waals surface area contributed by atoms with E-state index < -0.39 is 0 Å². The molecule has 1 fully saturated rings. The molecule has 2 aliphatic heterocycles. The average Bonchev–Trinajstić information content (AvgIpc) is 2.74. The SMILES string of the molecule is C1CCC(c2nnc3n2CCCC3)NC1. The highest BCUT2D eigenvalue weighted by atomic mass is 15.3. The fourth-order valence-electron chi connectivity index (χ4n) is 2.66. The van der Waals surface area contributed by atoms with Gasteiger partial charge in [-0.05, 0) is 32.2 Å². The van der Waals surface area contributed by atoms with Gasteiger partial charge in [0.05, 0.1) is 6.04 Å². The molecule has 3 rings (SSSR count). The maximum absolute atomic E-state index is 4.37. The molecule has 82 valence electrons. The molecule has 3 heterocycles. The van der Waals surface area contributed by atoms with Gasteiger partial charge in [0.1, 0.15) is 11.6 Å². The average molecular weight is 206 g/mol. The molecule has 2 aliphatic rings. The van der Waals surface area contributed by atoms with Crippen LogP contribution in [0.15, 0.2) is 0 Å². The van der Waals surface area contributed by atoms with E-state index in [0.29, 0.717) is 6.04 Å². The van der Waals surface area contributed by atoms with E-state index in [4.69, 9.17) is 0 Å². The van der Waals surface area contributed by atoms with Crippen molar-refractivity contribution in [3.05, 3.63) is 11.6 Å². The predicted octanol–water partition coefficient (Wildman–Crippen LogP) is 1.43. The summed E-state index contributed by atoms with van der Waals surface area (Å²) in [5.41, 5.74) is 0. The molecule has 0 spiro atoms. The van der Waals surface area contributed by atoms with Crippen LogP contribution in [0, 0.1) is 0 Å². The number of hydrogen-bond donors (Lipinski definition) is 1. The van der Waals surface area contributed by atoms with Crippen LogP contribution in [0.25, 0.3) is 0 Å². The van der Waals surface area contributed by atoms with Gasteiger partial charge in [0.15, 0.2) is 0 Å². The van der Waals surface area contributed by atoms with Gasteiger partial charge >= 0.3 is 0 Å². The van der Waals surface area contributed by atoms with E-state index >= 15 is 0 Å². The van der Waals surface area contributed by atoms with Crippen LogP contribution >= 0.6 is 0 Å². The van der Waals surface area contributed by atoms with E-state index in [0.717, 1.165) is 19.5 Å². The highest BCUT2D eigenvalue weighted by Gasteiger charge is 2.23. The lowest BCUT2D eigenvalue weighted by Crippen LogP contribution is -2.30. The van der Waals surface area contributed by atoms with Gasteiger partial charge in [-0.15, -0.1) is 10.2 Å². The number of piperidine rings is 1. The summed E-state index contributed by atoms with van der Waals surface area (Å²) >= 11 is 0. The molecule has 1 N–H and O–H groups in total. The van der Waals surface area contributed by atoms with Crippen LogP contribution in [-0.2, 0) is 13.0 Å². The minimum absolute atomic E-state index is 0.457. The molecule has 4 heteroatoms. The monoisotopic (exact) mass is 206 g/mol. The maximum Gasteiger partial charge on any atom is 0.150 e. The second-order valence-electron chi connectivity index (χ2n) is 4.59. The molecule has 1 aromatic heterocycles. The smallest absolute Gasteiger partial charge is 0.150 e. The van der Waals surface area contributed by atoms with Crippen molar-refractivity contribution >= 4 is 0 Å². The zero-order valence-electron chi connectivity index (χ0n) is 9.08. The topological polar surface area (TPSA) is 42.7 Å². The molecular weight excluding hydrogens is 188 g/mol. The van der Waals surface area contributed by atoms with Crippen LogP contribution in [0.3, 0.4) is 0 Å². The van der Waals surface area contributed by atoms with Crippen LogP contribution < -0.4 is 5.32 Å². The molecule has 1 aromatic rings. The Morgan fingerprint density at radius 2 is 2.13 bits per heavy atom. The van der Waals surface area contributed by atoms with Crippen molar-refractivity contribution < 1.29 is 0 Å². The molecule has 0 radical (unpaired) electrons. The molecule has 4 nitrogen and oxygen atoms in total. The van der Waals surface area contributed by atoms with Gasteiger partial charge in [-0.3, -0.25) is 0 Å². The molecule has 1 unspecified atom stereocenters. The summed E-state index contributed by atoms with van der Waals surface area (Å²) < 4.78 is 2.34. The van der Waals surface area contributed by atoms with Crippen molar-refractivity contribution in [3.63, 3.8) is 0 Å². The third kappa shape index (κ3) is 1.67. The highest BCUT2D eigenvalue weighted by Crippen LogP contribution is 2.24. The normalized spacial score (nSPS) is 26.3. The first kappa shape index (κ1) is 9.33. The van der Waals surface area contributed by atoms with Gasteiger partial charge in [-0.25, -0.2) is 0 Å². The van der Waals surface area contributed by atoms with Gasteiger partial charge < -0.3 is 9.88 Å². The first-order chi connectivity index (χ1) is 7.45. The minimum Gasteiger partial charge on any atom is -0.314 e. The molecule has 1 saturated heterocycles. The van der Waals surface area contributed by atoms with Gasteiger partial charge in [0.25, 0.3) is 0 Å². The Kier molecular flexibility index (Phi) is 2.44. The minimum atomic E-state index is 0.457. The first-order valence-electron chi connectivity index (χ1n) is 6.10. The van der Waals surface area contributed by atoms with E-state index in [1.165, 1.54) is 43.8 Å². The van der Waals surface area contributed by atoms with E-state index in [1.807, 2.05) is 0 Å². The Hall–Kier alpha value is -0.900. The number of rotatable bonds is 1. The van der Waals surface area contributed by atoms with Crippen molar-refractivity contribution in [3.8, 4) is 0 Å². The van der Waals surface area contributed by atoms with E-state index in [-0.39, 0.29) is 0 Å². The fraction of sp³-hybridized carbons (Fsp3) is 0.818. The Morgan fingerprint density at radius 3 is 3.00 bits per heavy atom. The summed E-state index contributed by atoms with van der Waals surface area (Å²) in [5.74, 6) is 2.38. The van der Waals surface area contributed by atoms with E-state index in [1.54, 1.807) is 0 Å². The Labute approximate surface area is 90.1 Å². The molecule has 0 amide bonds. The van der Waals surface area contributed by atoms with E-state index in [2.05, 4.69) is 20.1 Å². The summed E-state index contributed by atoms with van der Waals surface area (Å²) in [6.07, 6.45) is 7.51. The van der Waals surface area contributed by atoms with Gasteiger partial charge in [0.2, 0.25) is 0 Å². The number of hydrogen-bond acceptors (Lipinski definition) is 3. The molecular formula is C11H18N4. The second kappa shape index (κ2) is 3.93. The van der Waals surface area contributed by atoms with Crippen molar-refractivity contribution in [2.75, 3.05) is 6.54 Å². The standard InChI is InChI=1S/C11H18N4/c1-3-7-12-9(5-1)11-14-13-10-6-2-4-8-15(10)11/h9,12H,1-8H2. The van der Waals surface area contributed by atoms with Crippen molar-refractivity contribution in [1.82, 2.24) is 20.1 Å². The quantitative estimate of drug-likeness (QED) is 0.756. The van der Waals surface area contributed by atoms with Crippen LogP contribution in [0.4, 0.5) is 0 Å². The molecule has 0 aromatic carbocycles. The van der Waals surface area contributed by atoms with Crippen LogP contribution in [0.1, 0.15) is 49.8 Å². The Morgan fingerprint density at radius 1 is 1.13 bits per heavy atom. The van der Waals surface area contributed by atoms with Crippen molar-refractivity contribution in [1.29, 1.82) is 0 Å². The third-order valence-electron chi connectivity index (χ3n) is 3.51. The summed E-state index contributed by atoms with van der Waals surface area (Å²) in [7, 11) is 0. The zero-order chi connectivity index (χ0) is 10.1. The molecule has 15 heavy (non-hydrogen) atoms. The Bertz CT molecular complexity index is 338. The fourth-order valence-corrected chi connectivity index (χ4v) is 2.66. The summed E-state index contributed by atoms with van der Waals surface area (Å²) in [6.45, 7) is 2.25. The lowest BCUT2D eigenvalue weighted by molar-refractivity contribution is 0.376. The first-order valence-corrected chi connectivity index (χ1v) is 6.10. The van der Waals surface area contributed by atoms with Gasteiger partial charge in [-0.1, -0.05) is 6.42 Å². The lowest BCUT2D eigenvalue weighted by Gasteiger charge is -2.24. The summed E-state index contributed by atoms with van der Waals surface area (Å²) in [5, 5.41) is 12.2.